The predicted molar refractivity (Wildman–Crippen MR) is 171 cm³/mol. The van der Waals surface area contributed by atoms with Crippen LogP contribution in [0.2, 0.25) is 5.02 Å². The Balaban J connectivity index is 1.67. The number of halogens is 2. The van der Waals surface area contributed by atoms with Gasteiger partial charge in [0, 0.05) is 10.6 Å². The van der Waals surface area contributed by atoms with E-state index >= 15 is 0 Å². The Morgan fingerprint density at radius 1 is 1.05 bits per heavy atom. The number of carbonyl (C=O) groups is 2. The highest BCUT2D eigenvalue weighted by Crippen LogP contribution is 2.41. The topological polar surface area (TPSA) is 94.4 Å². The predicted octanol–water partition coefficient (Wildman–Crippen LogP) is 7.93. The molecule has 3 aromatic rings. The monoisotopic (exact) mass is 703 g/mol. The van der Waals surface area contributed by atoms with Crippen molar-refractivity contribution in [2.24, 2.45) is 4.99 Å². The van der Waals surface area contributed by atoms with Crippen LogP contribution in [-0.4, -0.2) is 35.2 Å². The first kappa shape index (κ1) is 30.7. The van der Waals surface area contributed by atoms with Crippen LogP contribution in [-0.2, 0) is 16.1 Å². The van der Waals surface area contributed by atoms with Gasteiger partial charge in [-0.25, -0.2) is 9.79 Å². The number of amides is 1. The Labute approximate surface area is 261 Å². The number of aryl methyl sites for hydroxylation is 1. The van der Waals surface area contributed by atoms with E-state index in [4.69, 9.17) is 25.8 Å². The Kier molecular flexibility index (Phi) is 10.5. The summed E-state index contributed by atoms with van der Waals surface area (Å²) >= 11 is 9.29. The molecule has 1 heterocycles. The van der Waals surface area contributed by atoms with Crippen LogP contribution in [0.4, 0.5) is 0 Å². The number of hydrogen-bond donors (Lipinski definition) is 1. The summed E-state index contributed by atoms with van der Waals surface area (Å²) in [5, 5.41) is 11.7. The van der Waals surface area contributed by atoms with Crippen molar-refractivity contribution in [2.45, 2.75) is 27.4 Å². The van der Waals surface area contributed by atoms with Gasteiger partial charge >= 0.3 is 5.97 Å². The quantitative estimate of drug-likeness (QED) is 0.179. The highest BCUT2D eigenvalue weighted by atomic mass is 127. The second-order valence-electron chi connectivity index (χ2n) is 8.82. The Morgan fingerprint density at radius 2 is 1.80 bits per heavy atom. The van der Waals surface area contributed by atoms with Gasteiger partial charge in [-0.05, 0) is 97.0 Å². The maximum Gasteiger partial charge on any atom is 0.344 e. The molecule has 4 rings (SSSR count). The molecule has 3 aromatic carbocycles. The molecule has 0 unspecified atom stereocenters. The van der Waals surface area contributed by atoms with Crippen LogP contribution in [0.5, 0.6) is 11.5 Å². The first-order chi connectivity index (χ1) is 19.7. The van der Waals surface area contributed by atoms with Crippen molar-refractivity contribution in [2.75, 3.05) is 13.2 Å². The summed E-state index contributed by atoms with van der Waals surface area (Å²) in [7, 11) is 0. The largest absolute Gasteiger partial charge is 0.506 e. The van der Waals surface area contributed by atoms with E-state index in [1.54, 1.807) is 49.4 Å². The standard InChI is InChI=1S/C31H27ClINO6S/c1-4-38-24-15-20(14-23(33)28(24)40-17-19-7-6-8-22(32)13-19)16-25-27(35)26(31(37)39-5-2)30(41-25)34-29(36)21-11-9-18(3)10-12-21/h6-16,35H,4-5,17H2,1-3H3/b25-16-,34-30?. The van der Waals surface area contributed by atoms with Crippen molar-refractivity contribution >= 4 is 68.9 Å². The zero-order valence-electron chi connectivity index (χ0n) is 22.6. The van der Waals surface area contributed by atoms with E-state index < -0.39 is 11.9 Å². The van der Waals surface area contributed by atoms with Crippen LogP contribution < -0.4 is 9.47 Å². The SMILES string of the molecule is CCOC(=O)C1=C(O)/C(=C/c2cc(I)c(OCc3cccc(Cl)c3)c(OCC)c2)SC1=NC(=O)c1ccc(C)cc1. The third-order valence-electron chi connectivity index (χ3n) is 5.77. The van der Waals surface area contributed by atoms with E-state index in [0.717, 1.165) is 26.5 Å². The molecule has 0 aromatic heterocycles. The summed E-state index contributed by atoms with van der Waals surface area (Å²) < 4.78 is 17.9. The molecule has 1 aliphatic heterocycles. The van der Waals surface area contributed by atoms with E-state index in [2.05, 4.69) is 27.6 Å². The number of carbonyl (C=O) groups excluding carboxylic acids is 2. The Morgan fingerprint density at radius 3 is 2.49 bits per heavy atom. The second-order valence-corrected chi connectivity index (χ2v) is 11.5. The maximum atomic E-state index is 12.9. The lowest BCUT2D eigenvalue weighted by atomic mass is 10.1. The lowest BCUT2D eigenvalue weighted by molar-refractivity contribution is -0.138. The zero-order chi connectivity index (χ0) is 29.5. The number of ether oxygens (including phenoxy) is 3. The van der Waals surface area contributed by atoms with Gasteiger partial charge in [0.25, 0.3) is 5.91 Å². The molecule has 0 atom stereocenters. The zero-order valence-corrected chi connectivity index (χ0v) is 26.3. The third kappa shape index (κ3) is 7.72. The van der Waals surface area contributed by atoms with Crippen LogP contribution >= 0.6 is 46.0 Å². The molecular formula is C31H27ClINO6S. The van der Waals surface area contributed by atoms with Gasteiger partial charge in [-0.2, -0.15) is 0 Å². The van der Waals surface area contributed by atoms with Gasteiger partial charge in [0.05, 0.1) is 21.7 Å². The number of hydrogen-bond acceptors (Lipinski definition) is 7. The van der Waals surface area contributed by atoms with Crippen molar-refractivity contribution in [1.82, 2.24) is 0 Å². The van der Waals surface area contributed by atoms with Crippen molar-refractivity contribution in [3.8, 4) is 11.5 Å². The molecule has 0 spiro atoms. The summed E-state index contributed by atoms with van der Waals surface area (Å²) in [6.45, 7) is 6.27. The minimum Gasteiger partial charge on any atom is -0.506 e. The highest BCUT2D eigenvalue weighted by Gasteiger charge is 2.34. The fourth-order valence-corrected chi connectivity index (χ4v) is 5.86. The number of aliphatic hydroxyl groups excluding tert-OH is 1. The lowest BCUT2D eigenvalue weighted by Gasteiger charge is -2.15. The van der Waals surface area contributed by atoms with Crippen LogP contribution in [0.1, 0.15) is 40.9 Å². The molecule has 1 amide bonds. The molecule has 41 heavy (non-hydrogen) atoms. The fourth-order valence-electron chi connectivity index (χ4n) is 3.85. The number of esters is 1. The smallest absolute Gasteiger partial charge is 0.344 e. The van der Waals surface area contributed by atoms with Crippen LogP contribution in [0.25, 0.3) is 6.08 Å². The molecule has 7 nitrogen and oxygen atoms in total. The maximum absolute atomic E-state index is 12.9. The molecule has 212 valence electrons. The summed E-state index contributed by atoms with van der Waals surface area (Å²) in [5.74, 6) is -0.498. The minimum absolute atomic E-state index is 0.0685. The number of benzene rings is 3. The van der Waals surface area contributed by atoms with Crippen molar-refractivity contribution in [1.29, 1.82) is 0 Å². The van der Waals surface area contributed by atoms with Gasteiger partial charge in [0.15, 0.2) is 11.5 Å². The van der Waals surface area contributed by atoms with Gasteiger partial charge in [0.1, 0.15) is 23.0 Å². The van der Waals surface area contributed by atoms with Gasteiger partial charge in [0.2, 0.25) is 0 Å². The fraction of sp³-hybridized carbons (Fsp3) is 0.194. The van der Waals surface area contributed by atoms with E-state index in [0.29, 0.717) is 45.8 Å². The molecule has 10 heteroatoms. The molecule has 0 saturated heterocycles. The Hall–Kier alpha value is -3.28. The summed E-state index contributed by atoms with van der Waals surface area (Å²) in [4.78, 5) is 30.1. The van der Waals surface area contributed by atoms with Crippen LogP contribution in [0.15, 0.2) is 81.9 Å². The lowest BCUT2D eigenvalue weighted by Crippen LogP contribution is -2.14. The third-order valence-corrected chi connectivity index (χ3v) is 7.83. The van der Waals surface area contributed by atoms with Gasteiger partial charge in [-0.15, -0.1) is 0 Å². The minimum atomic E-state index is -0.759. The van der Waals surface area contributed by atoms with Crippen molar-refractivity contribution in [3.63, 3.8) is 0 Å². The van der Waals surface area contributed by atoms with Crippen molar-refractivity contribution in [3.05, 3.63) is 108 Å². The first-order valence-electron chi connectivity index (χ1n) is 12.7. The van der Waals surface area contributed by atoms with E-state index in [-0.39, 0.29) is 23.0 Å². The van der Waals surface area contributed by atoms with E-state index in [1.807, 2.05) is 38.1 Å². The number of thioether (sulfide) groups is 1. The molecule has 1 aliphatic rings. The molecule has 1 N–H and O–H groups in total. The first-order valence-corrected chi connectivity index (χ1v) is 15.0. The van der Waals surface area contributed by atoms with E-state index in [1.165, 1.54) is 0 Å². The molecular weight excluding hydrogens is 677 g/mol. The number of aliphatic imine (C=N–C) groups is 1. The normalized spacial score (nSPS) is 15.0. The van der Waals surface area contributed by atoms with Gasteiger partial charge in [-0.3, -0.25) is 4.79 Å². The molecule has 0 fully saturated rings. The average Bonchev–Trinajstić information content (AvgIpc) is 3.22. The second kappa shape index (κ2) is 14.1. The summed E-state index contributed by atoms with van der Waals surface area (Å²) in [5.41, 5.74) is 2.83. The molecule has 0 aliphatic carbocycles. The van der Waals surface area contributed by atoms with E-state index in [9.17, 15) is 14.7 Å². The van der Waals surface area contributed by atoms with Crippen molar-refractivity contribution < 1.29 is 28.9 Å². The van der Waals surface area contributed by atoms with Crippen LogP contribution in [0.3, 0.4) is 0 Å². The molecule has 0 bridgehead atoms. The van der Waals surface area contributed by atoms with Gasteiger partial charge < -0.3 is 19.3 Å². The number of aliphatic hydroxyl groups is 1. The number of rotatable bonds is 9. The molecule has 0 saturated carbocycles. The van der Waals surface area contributed by atoms with Crippen LogP contribution in [0, 0.1) is 10.5 Å². The number of nitrogens with zero attached hydrogens (tertiary/aromatic N) is 1. The van der Waals surface area contributed by atoms with Gasteiger partial charge in [-0.1, -0.05) is 53.2 Å². The Bertz CT molecular complexity index is 1570. The molecule has 0 radical (unpaired) electrons. The summed E-state index contributed by atoms with van der Waals surface area (Å²) in [6.07, 6.45) is 1.70. The summed E-state index contributed by atoms with van der Waals surface area (Å²) in [6, 6.07) is 18.0. The highest BCUT2D eigenvalue weighted by molar-refractivity contribution is 14.1. The average molecular weight is 704 g/mol.